The normalized spacial score (nSPS) is 19.2. The molecule has 0 aromatic heterocycles. The lowest BCUT2D eigenvalue weighted by atomic mass is 10.0. The maximum absolute atomic E-state index is 13.5. The van der Waals surface area contributed by atoms with Crippen molar-refractivity contribution in [3.8, 4) is 0 Å². The van der Waals surface area contributed by atoms with Crippen LogP contribution in [0.2, 0.25) is 0 Å². The van der Waals surface area contributed by atoms with Crippen LogP contribution in [0.5, 0.6) is 0 Å². The molecule has 0 aliphatic heterocycles. The van der Waals surface area contributed by atoms with Crippen molar-refractivity contribution < 1.29 is 4.39 Å². The Labute approximate surface area is 108 Å². The van der Waals surface area contributed by atoms with Crippen molar-refractivity contribution in [2.24, 2.45) is 16.6 Å². The number of nitrogens with zero attached hydrogens (tertiary/aromatic N) is 1. The number of aryl methyl sites for hydroxylation is 1. The van der Waals surface area contributed by atoms with Crippen LogP contribution in [-0.2, 0) is 0 Å². The Kier molecular flexibility index (Phi) is 4.00. The van der Waals surface area contributed by atoms with Crippen LogP contribution >= 0.6 is 0 Å². The second-order valence-corrected chi connectivity index (χ2v) is 5.22. The molecule has 0 amide bonds. The highest BCUT2D eigenvalue weighted by Gasteiger charge is 2.19. The zero-order valence-electron chi connectivity index (χ0n) is 11.1. The molecule has 18 heavy (non-hydrogen) atoms. The number of amidine groups is 1. The van der Waals surface area contributed by atoms with E-state index >= 15 is 0 Å². The molecule has 98 valence electrons. The molecule has 1 aliphatic rings. The van der Waals surface area contributed by atoms with E-state index in [1.165, 1.54) is 12.8 Å². The molecular weight excluding hydrogens is 227 g/mol. The van der Waals surface area contributed by atoms with E-state index in [-0.39, 0.29) is 11.9 Å². The van der Waals surface area contributed by atoms with Gasteiger partial charge in [-0.3, -0.25) is 4.99 Å². The molecule has 1 atom stereocenters. The van der Waals surface area contributed by atoms with Crippen molar-refractivity contribution in [1.82, 2.24) is 0 Å². The molecule has 1 aromatic carbocycles. The van der Waals surface area contributed by atoms with E-state index < -0.39 is 0 Å². The molecule has 0 spiro atoms. The lowest BCUT2D eigenvalue weighted by molar-refractivity contribution is 0.612. The summed E-state index contributed by atoms with van der Waals surface area (Å²) in [5, 5.41) is 0. The first-order chi connectivity index (χ1) is 8.58. The quantitative estimate of drug-likeness (QED) is 0.642. The lowest BCUT2D eigenvalue weighted by Crippen LogP contribution is -2.22. The highest BCUT2D eigenvalue weighted by Crippen LogP contribution is 2.26. The summed E-state index contributed by atoms with van der Waals surface area (Å²) < 4.78 is 13.5. The van der Waals surface area contributed by atoms with Crippen LogP contribution in [0.3, 0.4) is 0 Å². The zero-order chi connectivity index (χ0) is 13.1. The van der Waals surface area contributed by atoms with E-state index in [1.54, 1.807) is 19.1 Å². The fourth-order valence-corrected chi connectivity index (χ4v) is 2.49. The minimum absolute atomic E-state index is 0.0688. The van der Waals surface area contributed by atoms with E-state index in [9.17, 15) is 4.39 Å². The highest BCUT2D eigenvalue weighted by molar-refractivity contribution is 5.83. The van der Waals surface area contributed by atoms with E-state index in [0.717, 1.165) is 24.2 Å². The Balaban J connectivity index is 2.12. The van der Waals surface area contributed by atoms with Gasteiger partial charge in [-0.25, -0.2) is 4.39 Å². The number of hydrogen-bond acceptors (Lipinski definition) is 1. The zero-order valence-corrected chi connectivity index (χ0v) is 11.1. The maximum atomic E-state index is 13.5. The molecule has 0 radical (unpaired) electrons. The average Bonchev–Trinajstić information content (AvgIpc) is 2.86. The molecule has 1 saturated carbocycles. The third-order valence-corrected chi connectivity index (χ3v) is 3.79. The molecule has 2 rings (SSSR count). The van der Waals surface area contributed by atoms with Gasteiger partial charge in [0.25, 0.3) is 0 Å². The number of aliphatic imine (C=N–C) groups is 1. The minimum atomic E-state index is -0.172. The summed E-state index contributed by atoms with van der Waals surface area (Å²) in [6.45, 7) is 3.73. The van der Waals surface area contributed by atoms with Gasteiger partial charge in [0.05, 0.1) is 11.9 Å². The van der Waals surface area contributed by atoms with Crippen LogP contribution in [0.1, 0.15) is 49.8 Å². The Morgan fingerprint density at radius 3 is 2.67 bits per heavy atom. The minimum Gasteiger partial charge on any atom is -0.387 e. The third-order valence-electron chi connectivity index (χ3n) is 3.79. The Bertz CT molecular complexity index is 448. The van der Waals surface area contributed by atoms with Gasteiger partial charge in [-0.05, 0) is 43.9 Å². The van der Waals surface area contributed by atoms with Gasteiger partial charge in [-0.15, -0.1) is 0 Å². The Morgan fingerprint density at radius 2 is 2.06 bits per heavy atom. The van der Waals surface area contributed by atoms with Gasteiger partial charge in [0.2, 0.25) is 0 Å². The Hall–Kier alpha value is -1.38. The van der Waals surface area contributed by atoms with Crippen molar-refractivity contribution in [3.05, 3.63) is 35.1 Å². The van der Waals surface area contributed by atoms with E-state index in [2.05, 4.69) is 4.99 Å². The molecule has 1 fully saturated rings. The molecule has 1 aromatic rings. The summed E-state index contributed by atoms with van der Waals surface area (Å²) in [5.41, 5.74) is 7.59. The molecular formula is C15H21FN2. The van der Waals surface area contributed by atoms with E-state index in [0.29, 0.717) is 11.5 Å². The molecule has 0 heterocycles. The second-order valence-electron chi connectivity index (χ2n) is 5.22. The van der Waals surface area contributed by atoms with Crippen molar-refractivity contribution in [2.45, 2.75) is 45.6 Å². The predicted octanol–water partition coefficient (Wildman–Crippen LogP) is 3.74. The molecule has 2 nitrogen and oxygen atoms in total. The standard InChI is InChI=1S/C15H21FN2/c1-10-7-8-13(9-14(10)16)11(2)18-15(17)12-5-3-4-6-12/h7-9,11-12H,3-6H2,1-2H3,(H2,17,18). The fourth-order valence-electron chi connectivity index (χ4n) is 2.49. The molecule has 1 unspecified atom stereocenters. The van der Waals surface area contributed by atoms with Crippen molar-refractivity contribution in [3.63, 3.8) is 0 Å². The third kappa shape index (κ3) is 2.89. The van der Waals surface area contributed by atoms with Gasteiger partial charge >= 0.3 is 0 Å². The van der Waals surface area contributed by atoms with Gasteiger partial charge in [-0.2, -0.15) is 0 Å². The van der Waals surface area contributed by atoms with Gasteiger partial charge in [0, 0.05) is 5.92 Å². The maximum Gasteiger partial charge on any atom is 0.126 e. The van der Waals surface area contributed by atoms with E-state index in [1.807, 2.05) is 13.0 Å². The number of benzene rings is 1. The summed E-state index contributed by atoms with van der Waals surface area (Å²) in [6.07, 6.45) is 4.78. The van der Waals surface area contributed by atoms with Gasteiger partial charge in [0.15, 0.2) is 0 Å². The topological polar surface area (TPSA) is 38.4 Å². The number of halogens is 1. The van der Waals surface area contributed by atoms with Crippen LogP contribution in [0.25, 0.3) is 0 Å². The number of hydrogen-bond donors (Lipinski definition) is 1. The first-order valence-corrected chi connectivity index (χ1v) is 6.67. The monoisotopic (exact) mass is 248 g/mol. The number of rotatable bonds is 3. The average molecular weight is 248 g/mol. The summed E-state index contributed by atoms with van der Waals surface area (Å²) >= 11 is 0. The van der Waals surface area contributed by atoms with E-state index in [4.69, 9.17) is 5.73 Å². The lowest BCUT2D eigenvalue weighted by Gasteiger charge is -2.13. The molecule has 1 aliphatic carbocycles. The van der Waals surface area contributed by atoms with Crippen LogP contribution < -0.4 is 5.73 Å². The molecule has 0 bridgehead atoms. The predicted molar refractivity (Wildman–Crippen MR) is 73.1 cm³/mol. The summed E-state index contributed by atoms with van der Waals surface area (Å²) in [5.74, 6) is 0.998. The van der Waals surface area contributed by atoms with Crippen molar-refractivity contribution in [2.75, 3.05) is 0 Å². The van der Waals surface area contributed by atoms with Crippen LogP contribution in [0, 0.1) is 18.7 Å². The van der Waals surface area contributed by atoms with Gasteiger partial charge in [0.1, 0.15) is 5.82 Å². The fraction of sp³-hybridized carbons (Fsp3) is 0.533. The van der Waals surface area contributed by atoms with Gasteiger partial charge < -0.3 is 5.73 Å². The second kappa shape index (κ2) is 5.51. The Morgan fingerprint density at radius 1 is 1.39 bits per heavy atom. The summed E-state index contributed by atoms with van der Waals surface area (Å²) in [7, 11) is 0. The van der Waals surface area contributed by atoms with Crippen molar-refractivity contribution >= 4 is 5.84 Å². The van der Waals surface area contributed by atoms with Crippen LogP contribution in [0.15, 0.2) is 23.2 Å². The summed E-state index contributed by atoms with van der Waals surface area (Å²) in [4.78, 5) is 4.53. The first kappa shape index (κ1) is 13.1. The van der Waals surface area contributed by atoms with Crippen LogP contribution in [0.4, 0.5) is 4.39 Å². The number of nitrogens with two attached hydrogens (primary N) is 1. The molecule has 0 saturated heterocycles. The van der Waals surface area contributed by atoms with Gasteiger partial charge in [-0.1, -0.05) is 25.0 Å². The van der Waals surface area contributed by atoms with Crippen molar-refractivity contribution in [1.29, 1.82) is 0 Å². The molecule has 3 heteroatoms. The first-order valence-electron chi connectivity index (χ1n) is 6.67. The summed E-state index contributed by atoms with van der Waals surface area (Å²) in [6, 6.07) is 5.21. The smallest absolute Gasteiger partial charge is 0.126 e. The largest absolute Gasteiger partial charge is 0.387 e. The molecule has 2 N–H and O–H groups in total. The highest BCUT2D eigenvalue weighted by atomic mass is 19.1. The SMILES string of the molecule is Cc1ccc(C(C)N=C(N)C2CCCC2)cc1F. The van der Waals surface area contributed by atoms with Crippen LogP contribution in [-0.4, -0.2) is 5.84 Å².